The van der Waals surface area contributed by atoms with Gasteiger partial charge >= 0.3 is 0 Å². The Balaban J connectivity index is 2.35. The molecule has 3 nitrogen and oxygen atoms in total. The number of hydrogen-bond acceptors (Lipinski definition) is 1. The largest absolute Gasteiger partial charge is 0.364 e. The summed E-state index contributed by atoms with van der Waals surface area (Å²) >= 11 is 0. The molecule has 0 amide bonds. The average Bonchev–Trinajstić information content (AvgIpc) is 2.76. The molecule has 0 aliphatic rings. The highest BCUT2D eigenvalue weighted by molar-refractivity contribution is 5.66. The van der Waals surface area contributed by atoms with E-state index in [4.69, 9.17) is 0 Å². The molecule has 2 N–H and O–H groups in total. The van der Waals surface area contributed by atoms with E-state index in [0.29, 0.717) is 0 Å². The van der Waals surface area contributed by atoms with Gasteiger partial charge in [0.1, 0.15) is 6.29 Å². The average molecular weight is 174 g/mol. The molecule has 3 heteroatoms. The number of H-pyrrole nitrogens is 2. The summed E-state index contributed by atoms with van der Waals surface area (Å²) in [5.74, 6) is -0.204. The number of hydrogen-bond donors (Lipinski definition) is 2. The van der Waals surface area contributed by atoms with Gasteiger partial charge in [0, 0.05) is 23.8 Å². The number of carbonyl (C=O) groups excluding carboxylic acids is 1. The topological polar surface area (TPSA) is 48.6 Å². The highest BCUT2D eigenvalue weighted by Crippen LogP contribution is 2.18. The number of rotatable bonds is 3. The summed E-state index contributed by atoms with van der Waals surface area (Å²) in [6.07, 6.45) is 4.56. The van der Waals surface area contributed by atoms with Crippen molar-refractivity contribution in [1.29, 1.82) is 0 Å². The van der Waals surface area contributed by atoms with E-state index >= 15 is 0 Å². The Bertz CT molecular complexity index is 327. The van der Waals surface area contributed by atoms with Crippen LogP contribution >= 0.6 is 0 Å². The summed E-state index contributed by atoms with van der Waals surface area (Å²) in [5, 5.41) is 0. The van der Waals surface area contributed by atoms with E-state index in [-0.39, 0.29) is 5.92 Å². The number of aromatic amines is 2. The number of aromatic nitrogens is 2. The van der Waals surface area contributed by atoms with Crippen molar-refractivity contribution in [3.05, 3.63) is 48.0 Å². The van der Waals surface area contributed by atoms with E-state index < -0.39 is 0 Å². The molecule has 0 saturated carbocycles. The quantitative estimate of drug-likeness (QED) is 0.683. The number of carbonyl (C=O) groups is 1. The summed E-state index contributed by atoms with van der Waals surface area (Å²) in [7, 11) is 0. The van der Waals surface area contributed by atoms with Crippen LogP contribution in [-0.2, 0) is 4.79 Å². The molecule has 0 aliphatic carbocycles. The zero-order chi connectivity index (χ0) is 9.10. The molecule has 0 bridgehead atoms. The highest BCUT2D eigenvalue weighted by atomic mass is 16.1. The Labute approximate surface area is 75.8 Å². The van der Waals surface area contributed by atoms with Crippen molar-refractivity contribution >= 4 is 6.29 Å². The molecule has 0 saturated heterocycles. The molecule has 0 fully saturated rings. The summed E-state index contributed by atoms with van der Waals surface area (Å²) in [4.78, 5) is 16.9. The first kappa shape index (κ1) is 7.86. The van der Waals surface area contributed by atoms with Gasteiger partial charge in [0.05, 0.1) is 5.92 Å². The molecule has 0 aliphatic heterocycles. The second-order valence-corrected chi connectivity index (χ2v) is 2.86. The molecule has 66 valence electrons. The van der Waals surface area contributed by atoms with E-state index in [1.165, 1.54) is 0 Å². The molecular formula is C10H10N2O. The lowest BCUT2D eigenvalue weighted by molar-refractivity contribution is -0.108. The third-order valence-electron chi connectivity index (χ3n) is 2.05. The van der Waals surface area contributed by atoms with Crippen molar-refractivity contribution in [3.63, 3.8) is 0 Å². The maximum atomic E-state index is 10.9. The zero-order valence-electron chi connectivity index (χ0n) is 7.03. The van der Waals surface area contributed by atoms with Crippen LogP contribution in [0.15, 0.2) is 36.7 Å². The van der Waals surface area contributed by atoms with Gasteiger partial charge in [-0.15, -0.1) is 0 Å². The van der Waals surface area contributed by atoms with Gasteiger partial charge in [-0.1, -0.05) is 0 Å². The number of nitrogens with one attached hydrogen (secondary N) is 2. The van der Waals surface area contributed by atoms with E-state index in [9.17, 15) is 4.79 Å². The van der Waals surface area contributed by atoms with Crippen LogP contribution in [0.2, 0.25) is 0 Å². The summed E-state index contributed by atoms with van der Waals surface area (Å²) in [6, 6.07) is 7.57. The molecule has 2 heterocycles. The van der Waals surface area contributed by atoms with Crippen LogP contribution in [0.5, 0.6) is 0 Å². The van der Waals surface area contributed by atoms with Crippen molar-refractivity contribution in [2.45, 2.75) is 5.92 Å². The van der Waals surface area contributed by atoms with Crippen molar-refractivity contribution < 1.29 is 4.79 Å². The first-order valence-electron chi connectivity index (χ1n) is 4.13. The summed E-state index contributed by atoms with van der Waals surface area (Å²) in [5.41, 5.74) is 1.83. The molecule has 0 unspecified atom stereocenters. The zero-order valence-corrected chi connectivity index (χ0v) is 7.03. The maximum absolute atomic E-state index is 10.9. The lowest BCUT2D eigenvalue weighted by Gasteiger charge is -2.05. The maximum Gasteiger partial charge on any atom is 0.134 e. The normalized spacial score (nSPS) is 10.5. The van der Waals surface area contributed by atoms with Crippen molar-refractivity contribution in [3.8, 4) is 0 Å². The molecule has 0 atom stereocenters. The molecule has 0 aromatic carbocycles. The SMILES string of the molecule is O=CC(c1ccc[nH]1)c1ccc[nH]1. The summed E-state index contributed by atoms with van der Waals surface area (Å²) in [6.45, 7) is 0. The molecule has 0 spiro atoms. The minimum atomic E-state index is -0.204. The van der Waals surface area contributed by atoms with E-state index in [1.54, 1.807) is 0 Å². The third kappa shape index (κ3) is 1.40. The first-order chi connectivity index (χ1) is 6.42. The van der Waals surface area contributed by atoms with E-state index in [1.807, 2.05) is 36.7 Å². The van der Waals surface area contributed by atoms with Crippen LogP contribution in [0.25, 0.3) is 0 Å². The van der Waals surface area contributed by atoms with Crippen molar-refractivity contribution in [2.24, 2.45) is 0 Å². The van der Waals surface area contributed by atoms with Gasteiger partial charge in [-0.3, -0.25) is 0 Å². The van der Waals surface area contributed by atoms with Gasteiger partial charge in [0.25, 0.3) is 0 Å². The molecule has 0 radical (unpaired) electrons. The summed E-state index contributed by atoms with van der Waals surface area (Å²) < 4.78 is 0. The van der Waals surface area contributed by atoms with Crippen LogP contribution in [0.4, 0.5) is 0 Å². The van der Waals surface area contributed by atoms with Gasteiger partial charge in [-0.25, -0.2) is 0 Å². The first-order valence-corrected chi connectivity index (χ1v) is 4.13. The van der Waals surface area contributed by atoms with Crippen molar-refractivity contribution in [1.82, 2.24) is 9.97 Å². The molecular weight excluding hydrogens is 164 g/mol. The van der Waals surface area contributed by atoms with Crippen LogP contribution in [0, 0.1) is 0 Å². The second-order valence-electron chi connectivity index (χ2n) is 2.86. The fraction of sp³-hybridized carbons (Fsp3) is 0.100. The van der Waals surface area contributed by atoms with Crippen LogP contribution in [0.1, 0.15) is 17.3 Å². The van der Waals surface area contributed by atoms with Gasteiger partial charge in [-0.2, -0.15) is 0 Å². The second kappa shape index (κ2) is 3.31. The fourth-order valence-electron chi connectivity index (χ4n) is 1.39. The van der Waals surface area contributed by atoms with Gasteiger partial charge in [-0.05, 0) is 24.3 Å². The Hall–Kier alpha value is -1.77. The smallest absolute Gasteiger partial charge is 0.134 e. The molecule has 2 aromatic rings. The molecule has 2 aromatic heterocycles. The van der Waals surface area contributed by atoms with Gasteiger partial charge in [0.15, 0.2) is 0 Å². The molecule has 2 rings (SSSR count). The van der Waals surface area contributed by atoms with Crippen LogP contribution in [0.3, 0.4) is 0 Å². The van der Waals surface area contributed by atoms with Crippen LogP contribution < -0.4 is 0 Å². The van der Waals surface area contributed by atoms with Crippen molar-refractivity contribution in [2.75, 3.05) is 0 Å². The lowest BCUT2D eigenvalue weighted by atomic mass is 10.0. The predicted molar refractivity (Wildman–Crippen MR) is 49.5 cm³/mol. The minimum absolute atomic E-state index is 0.204. The Morgan fingerprint density at radius 2 is 1.62 bits per heavy atom. The lowest BCUT2D eigenvalue weighted by Crippen LogP contribution is -2.02. The standard InChI is InChI=1S/C10H10N2O/c13-7-8(9-3-1-5-11-9)10-4-2-6-12-10/h1-8,11-12H. The van der Waals surface area contributed by atoms with E-state index in [2.05, 4.69) is 9.97 Å². The van der Waals surface area contributed by atoms with Gasteiger partial charge in [0.2, 0.25) is 0 Å². The Kier molecular flexibility index (Phi) is 2.00. The number of aldehydes is 1. The Morgan fingerprint density at radius 3 is 1.92 bits per heavy atom. The van der Waals surface area contributed by atoms with E-state index in [0.717, 1.165) is 17.7 Å². The van der Waals surface area contributed by atoms with Gasteiger partial charge < -0.3 is 14.8 Å². The van der Waals surface area contributed by atoms with Crippen LogP contribution in [-0.4, -0.2) is 16.3 Å². The Morgan fingerprint density at radius 1 is 1.08 bits per heavy atom. The highest BCUT2D eigenvalue weighted by Gasteiger charge is 2.13. The molecule has 13 heavy (non-hydrogen) atoms. The monoisotopic (exact) mass is 174 g/mol. The third-order valence-corrected chi connectivity index (χ3v) is 2.05. The minimum Gasteiger partial charge on any atom is -0.364 e. The predicted octanol–water partition coefficient (Wildman–Crippen LogP) is 1.67. The fourth-order valence-corrected chi connectivity index (χ4v) is 1.39.